The monoisotopic (exact) mass is 517 g/mol. The number of carbonyl (C=O) groups excluding carboxylic acids is 2. The minimum absolute atomic E-state index is 0.0586. The highest BCUT2D eigenvalue weighted by Crippen LogP contribution is 2.24. The molecule has 1 aliphatic rings. The normalized spacial score (nSPS) is 17.3. The molecule has 4 rings (SSSR count). The molecule has 0 radical (unpaired) electrons. The van der Waals surface area contributed by atoms with E-state index < -0.39 is 39.8 Å². The molecule has 3 aromatic rings. The zero-order chi connectivity index (χ0) is 26.0. The van der Waals surface area contributed by atoms with E-state index in [1.807, 2.05) is 0 Å². The fraction of sp³-hybridized carbons (Fsp3) is 0.273. The van der Waals surface area contributed by atoms with E-state index in [1.54, 1.807) is 12.1 Å². The Kier molecular flexibility index (Phi) is 7.03. The average Bonchev–Trinajstić information content (AvgIpc) is 3.30. The molecule has 2 aromatic carbocycles. The van der Waals surface area contributed by atoms with Crippen molar-refractivity contribution in [2.75, 3.05) is 37.5 Å². The summed E-state index contributed by atoms with van der Waals surface area (Å²) in [4.78, 5) is 40.5. The molecule has 1 aliphatic heterocycles. The van der Waals surface area contributed by atoms with Crippen LogP contribution in [0.15, 0.2) is 62.7 Å². The maximum absolute atomic E-state index is 13.0. The Balaban J connectivity index is 1.43. The van der Waals surface area contributed by atoms with Gasteiger partial charge in [0.2, 0.25) is 10.0 Å². The van der Waals surface area contributed by atoms with Crippen molar-refractivity contribution >= 4 is 33.2 Å². The van der Waals surface area contributed by atoms with E-state index >= 15 is 0 Å². The Morgan fingerprint density at radius 3 is 2.42 bits per heavy atom. The van der Waals surface area contributed by atoms with E-state index in [0.717, 1.165) is 4.31 Å². The zero-order valence-corrected chi connectivity index (χ0v) is 20.1. The molecule has 0 saturated carbocycles. The fourth-order valence-corrected chi connectivity index (χ4v) is 4.42. The van der Waals surface area contributed by atoms with Crippen LogP contribution in [-0.4, -0.2) is 79.2 Å². The molecule has 190 valence electrons. The topological polar surface area (TPSA) is 175 Å². The summed E-state index contributed by atoms with van der Waals surface area (Å²) in [6.45, 7) is 0.220. The molecule has 0 aliphatic carbocycles. The number of sulfonamides is 1. The lowest BCUT2D eigenvalue weighted by molar-refractivity contribution is -0.150. The van der Waals surface area contributed by atoms with Gasteiger partial charge in [0.15, 0.2) is 18.0 Å². The lowest BCUT2D eigenvalue weighted by atomic mass is 10.1. The number of nitrogens with zero attached hydrogens (tertiary/aromatic N) is 3. The van der Waals surface area contributed by atoms with Crippen molar-refractivity contribution in [3.05, 3.63) is 59.1 Å². The molecule has 14 heteroatoms. The highest BCUT2D eigenvalue weighted by Gasteiger charge is 2.39. The molecule has 36 heavy (non-hydrogen) atoms. The van der Waals surface area contributed by atoms with Gasteiger partial charge in [-0.1, -0.05) is 5.16 Å². The third-order valence-electron chi connectivity index (χ3n) is 5.47. The van der Waals surface area contributed by atoms with Crippen molar-refractivity contribution in [1.29, 1.82) is 0 Å². The summed E-state index contributed by atoms with van der Waals surface area (Å²) in [5.74, 6) is -1.99. The molecule has 0 spiro atoms. The molecule has 1 fully saturated rings. The summed E-state index contributed by atoms with van der Waals surface area (Å²) in [5, 5.41) is 16.6. The van der Waals surface area contributed by atoms with Crippen LogP contribution >= 0.6 is 0 Å². The first-order valence-corrected chi connectivity index (χ1v) is 12.1. The number of anilines is 2. The van der Waals surface area contributed by atoms with Crippen LogP contribution in [-0.2, 0) is 24.3 Å². The van der Waals surface area contributed by atoms with Gasteiger partial charge < -0.3 is 20.1 Å². The van der Waals surface area contributed by atoms with Gasteiger partial charge in [0, 0.05) is 37.6 Å². The first-order valence-electron chi connectivity index (χ1n) is 10.7. The first kappa shape index (κ1) is 25.2. The molecule has 1 aromatic heterocycles. The number of nitrogens with one attached hydrogen (secondary N) is 2. The number of ether oxygens (including phenoxy) is 1. The standard InChI is InChI=1S/C22H23N5O8S/c1-26(2)36(32,33)16-9-7-15(8-10-16)27-11-12-34-18(21(27)30)17(28)20(29)23-14-5-3-13(4-6-14)19-24-22(31)35-25-19/h3-10,17-18,28H,11-12H2,1-2H3,(H,23,29)(H,24,25,31)/t17-,18-/m1/s1. The second kappa shape index (κ2) is 10.0. The summed E-state index contributed by atoms with van der Waals surface area (Å²) in [5.41, 5.74) is 1.26. The first-order chi connectivity index (χ1) is 17.1. The lowest BCUT2D eigenvalue weighted by Gasteiger charge is -2.34. The van der Waals surface area contributed by atoms with E-state index in [4.69, 9.17) is 4.74 Å². The SMILES string of the molecule is CN(C)S(=O)(=O)c1ccc(N2CCO[C@H]([C@@H](O)C(=O)Nc3ccc(-c4noc(=O)[nH]4)cc3)C2=O)cc1. The van der Waals surface area contributed by atoms with Crippen molar-refractivity contribution in [2.24, 2.45) is 0 Å². The number of aromatic nitrogens is 2. The van der Waals surface area contributed by atoms with Crippen LogP contribution in [0.4, 0.5) is 11.4 Å². The van der Waals surface area contributed by atoms with E-state index in [0.29, 0.717) is 16.9 Å². The number of H-pyrrole nitrogens is 1. The molecular formula is C22H23N5O8S. The number of aliphatic hydroxyl groups excluding tert-OH is 1. The Bertz CT molecular complexity index is 1410. The van der Waals surface area contributed by atoms with E-state index in [1.165, 1.54) is 55.4 Å². The summed E-state index contributed by atoms with van der Waals surface area (Å²) < 4.78 is 35.5. The summed E-state index contributed by atoms with van der Waals surface area (Å²) >= 11 is 0. The van der Waals surface area contributed by atoms with Gasteiger partial charge >= 0.3 is 5.76 Å². The molecule has 2 heterocycles. The molecule has 13 nitrogen and oxygen atoms in total. The molecule has 2 atom stereocenters. The number of carbonyl (C=O) groups is 2. The predicted molar refractivity (Wildman–Crippen MR) is 127 cm³/mol. The van der Waals surface area contributed by atoms with Crippen LogP contribution in [0.3, 0.4) is 0 Å². The Labute approximate surface area is 205 Å². The number of hydrogen-bond acceptors (Lipinski definition) is 9. The van der Waals surface area contributed by atoms with Gasteiger partial charge in [0.05, 0.1) is 11.5 Å². The summed E-state index contributed by atoms with van der Waals surface area (Å²) in [6, 6.07) is 11.9. The highest BCUT2D eigenvalue weighted by atomic mass is 32.2. The predicted octanol–water partition coefficient (Wildman–Crippen LogP) is 0.0116. The molecule has 3 N–H and O–H groups in total. The van der Waals surface area contributed by atoms with Gasteiger partial charge in [-0.15, -0.1) is 0 Å². The van der Waals surface area contributed by atoms with Crippen molar-refractivity contribution in [2.45, 2.75) is 17.1 Å². The summed E-state index contributed by atoms with van der Waals surface area (Å²) in [6.07, 6.45) is -3.26. The van der Waals surface area contributed by atoms with Crippen LogP contribution in [0, 0.1) is 0 Å². The fourth-order valence-electron chi connectivity index (χ4n) is 3.52. The van der Waals surface area contributed by atoms with E-state index in [9.17, 15) is 27.9 Å². The quantitative estimate of drug-likeness (QED) is 0.390. The minimum atomic E-state index is -3.63. The van der Waals surface area contributed by atoms with Gasteiger partial charge in [0.1, 0.15) is 0 Å². The third-order valence-corrected chi connectivity index (χ3v) is 7.30. The second-order valence-corrected chi connectivity index (χ2v) is 10.2. The minimum Gasteiger partial charge on any atom is -0.380 e. The van der Waals surface area contributed by atoms with Crippen LogP contribution in [0.5, 0.6) is 0 Å². The number of morpholine rings is 1. The van der Waals surface area contributed by atoms with Crippen LogP contribution < -0.4 is 16.0 Å². The van der Waals surface area contributed by atoms with Crippen LogP contribution in [0.25, 0.3) is 11.4 Å². The van der Waals surface area contributed by atoms with Crippen molar-refractivity contribution in [3.63, 3.8) is 0 Å². The summed E-state index contributed by atoms with van der Waals surface area (Å²) in [7, 11) is -0.801. The molecule has 1 saturated heterocycles. The number of amides is 2. The second-order valence-electron chi connectivity index (χ2n) is 8.02. The molecule has 0 unspecified atom stereocenters. The Morgan fingerprint density at radius 2 is 1.83 bits per heavy atom. The lowest BCUT2D eigenvalue weighted by Crippen LogP contribution is -2.55. The van der Waals surface area contributed by atoms with E-state index in [-0.39, 0.29) is 23.9 Å². The maximum Gasteiger partial charge on any atom is 0.439 e. The number of rotatable bonds is 7. The van der Waals surface area contributed by atoms with Crippen molar-refractivity contribution in [3.8, 4) is 11.4 Å². The molecular weight excluding hydrogens is 494 g/mol. The maximum atomic E-state index is 13.0. The number of aliphatic hydroxyl groups is 1. The molecule has 0 bridgehead atoms. The smallest absolute Gasteiger partial charge is 0.380 e. The molecule has 2 amide bonds. The largest absolute Gasteiger partial charge is 0.439 e. The third kappa shape index (κ3) is 5.06. The zero-order valence-electron chi connectivity index (χ0n) is 19.2. The van der Waals surface area contributed by atoms with E-state index in [2.05, 4.69) is 20.0 Å². The van der Waals surface area contributed by atoms with Gasteiger partial charge in [-0.2, -0.15) is 0 Å². The van der Waals surface area contributed by atoms with Crippen molar-refractivity contribution < 1.29 is 32.4 Å². The van der Waals surface area contributed by atoms with Crippen LogP contribution in [0.1, 0.15) is 0 Å². The van der Waals surface area contributed by atoms with Crippen molar-refractivity contribution in [1.82, 2.24) is 14.4 Å². The van der Waals surface area contributed by atoms with Gasteiger partial charge in [0.25, 0.3) is 11.8 Å². The Hall–Kier alpha value is -3.85. The van der Waals surface area contributed by atoms with Gasteiger partial charge in [-0.25, -0.2) is 17.5 Å². The number of hydrogen-bond donors (Lipinski definition) is 3. The Morgan fingerprint density at radius 1 is 1.17 bits per heavy atom. The number of aromatic amines is 1. The van der Waals surface area contributed by atoms with Gasteiger partial charge in [-0.3, -0.25) is 19.1 Å². The number of benzene rings is 2. The highest BCUT2D eigenvalue weighted by molar-refractivity contribution is 7.89. The van der Waals surface area contributed by atoms with Crippen LogP contribution in [0.2, 0.25) is 0 Å². The van der Waals surface area contributed by atoms with Gasteiger partial charge in [-0.05, 0) is 48.5 Å². The average molecular weight is 518 g/mol.